The molecule has 0 atom stereocenters. The highest BCUT2D eigenvalue weighted by Crippen LogP contribution is 2.49. The quantitative estimate of drug-likeness (QED) is 0.831. The fraction of sp³-hybridized carbons (Fsp3) is 0.409. The Balaban J connectivity index is 1.30. The van der Waals surface area contributed by atoms with E-state index in [-0.39, 0.29) is 23.2 Å². The van der Waals surface area contributed by atoms with Crippen LogP contribution in [0.1, 0.15) is 36.8 Å². The zero-order valence-corrected chi connectivity index (χ0v) is 16.0. The van der Waals surface area contributed by atoms with Crippen LogP contribution in [-0.2, 0) is 16.8 Å². The molecule has 1 aliphatic carbocycles. The Morgan fingerprint density at radius 1 is 1.15 bits per heavy atom. The summed E-state index contributed by atoms with van der Waals surface area (Å²) in [6.45, 7) is 2.70. The van der Waals surface area contributed by atoms with Gasteiger partial charge in [0.25, 0.3) is 0 Å². The highest BCUT2D eigenvalue weighted by atomic mass is 35.5. The van der Waals surface area contributed by atoms with Crippen LogP contribution in [0.25, 0.3) is 0 Å². The lowest BCUT2D eigenvalue weighted by atomic mass is 9.94. The highest BCUT2D eigenvalue weighted by Gasteiger charge is 2.51. The first-order chi connectivity index (χ1) is 13.0. The van der Waals surface area contributed by atoms with Gasteiger partial charge in [-0.2, -0.15) is 0 Å². The second-order valence-corrected chi connectivity index (χ2v) is 8.18. The Morgan fingerprint density at radius 3 is 2.48 bits per heavy atom. The first kappa shape index (κ1) is 18.5. The van der Waals surface area contributed by atoms with Gasteiger partial charge in [0.15, 0.2) is 0 Å². The van der Waals surface area contributed by atoms with E-state index in [2.05, 4.69) is 10.2 Å². The van der Waals surface area contributed by atoms with Gasteiger partial charge in [0.1, 0.15) is 5.82 Å². The maximum Gasteiger partial charge on any atom is 0.230 e. The van der Waals surface area contributed by atoms with E-state index in [9.17, 15) is 9.18 Å². The minimum Gasteiger partial charge on any atom is -0.353 e. The van der Waals surface area contributed by atoms with Crippen molar-refractivity contribution in [3.8, 4) is 0 Å². The van der Waals surface area contributed by atoms with Crippen LogP contribution in [0.3, 0.4) is 0 Å². The Labute approximate surface area is 164 Å². The van der Waals surface area contributed by atoms with Crippen molar-refractivity contribution in [2.45, 2.75) is 43.7 Å². The van der Waals surface area contributed by atoms with Crippen molar-refractivity contribution in [2.24, 2.45) is 0 Å². The van der Waals surface area contributed by atoms with Crippen molar-refractivity contribution in [1.82, 2.24) is 10.2 Å². The lowest BCUT2D eigenvalue weighted by Crippen LogP contribution is -2.47. The summed E-state index contributed by atoms with van der Waals surface area (Å²) in [6.07, 6.45) is 3.67. The maximum absolute atomic E-state index is 13.0. The van der Waals surface area contributed by atoms with Crippen LogP contribution in [0.5, 0.6) is 0 Å². The van der Waals surface area contributed by atoms with Crippen LogP contribution in [0.2, 0.25) is 5.02 Å². The van der Waals surface area contributed by atoms with E-state index in [1.807, 2.05) is 36.4 Å². The van der Waals surface area contributed by atoms with Gasteiger partial charge in [-0.15, -0.1) is 0 Å². The third-order valence-electron chi connectivity index (χ3n) is 5.80. The molecule has 2 aromatic carbocycles. The number of piperidine rings is 1. The molecule has 0 unspecified atom stereocenters. The van der Waals surface area contributed by atoms with Gasteiger partial charge in [0.05, 0.1) is 5.41 Å². The van der Waals surface area contributed by atoms with Gasteiger partial charge in [0, 0.05) is 30.7 Å². The lowest BCUT2D eigenvalue weighted by molar-refractivity contribution is -0.124. The predicted octanol–water partition coefficient (Wildman–Crippen LogP) is 4.29. The lowest BCUT2D eigenvalue weighted by Gasteiger charge is -2.33. The van der Waals surface area contributed by atoms with Gasteiger partial charge in [-0.1, -0.05) is 35.9 Å². The summed E-state index contributed by atoms with van der Waals surface area (Å²) < 4.78 is 13.0. The van der Waals surface area contributed by atoms with Crippen LogP contribution in [0.15, 0.2) is 48.5 Å². The summed E-state index contributed by atoms with van der Waals surface area (Å²) in [5.74, 6) is -0.0596. The molecule has 27 heavy (non-hydrogen) atoms. The molecular formula is C22H24ClFN2O. The summed E-state index contributed by atoms with van der Waals surface area (Å²) in [6, 6.07) is 14.6. The number of likely N-dealkylation sites (tertiary alicyclic amines) is 1. The van der Waals surface area contributed by atoms with Gasteiger partial charge in [-0.05, 0) is 61.1 Å². The summed E-state index contributed by atoms with van der Waals surface area (Å²) in [7, 11) is 0. The Kier molecular flexibility index (Phi) is 5.20. The van der Waals surface area contributed by atoms with Gasteiger partial charge in [0.2, 0.25) is 5.91 Å². The molecule has 0 aromatic heterocycles. The van der Waals surface area contributed by atoms with E-state index in [1.54, 1.807) is 0 Å². The molecule has 142 valence electrons. The number of nitrogens with one attached hydrogen (secondary N) is 1. The Hall–Kier alpha value is -1.91. The van der Waals surface area contributed by atoms with Crippen LogP contribution in [-0.4, -0.2) is 29.9 Å². The van der Waals surface area contributed by atoms with Crippen molar-refractivity contribution >= 4 is 17.5 Å². The van der Waals surface area contributed by atoms with E-state index in [0.717, 1.165) is 56.4 Å². The number of rotatable bonds is 5. The normalized spacial score (nSPS) is 19.6. The molecule has 4 rings (SSSR count). The minimum absolute atomic E-state index is 0.141. The smallest absolute Gasteiger partial charge is 0.230 e. The van der Waals surface area contributed by atoms with Crippen molar-refractivity contribution < 1.29 is 9.18 Å². The number of carbonyl (C=O) groups excluding carboxylic acids is 1. The average Bonchev–Trinajstić information content (AvgIpc) is 3.47. The number of halogens is 2. The first-order valence-electron chi connectivity index (χ1n) is 9.59. The van der Waals surface area contributed by atoms with Gasteiger partial charge < -0.3 is 5.32 Å². The van der Waals surface area contributed by atoms with Crippen LogP contribution in [0.4, 0.5) is 4.39 Å². The summed E-state index contributed by atoms with van der Waals surface area (Å²) in [5, 5.41) is 3.95. The molecule has 1 saturated carbocycles. The number of hydrogen-bond donors (Lipinski definition) is 1. The molecule has 0 spiro atoms. The SMILES string of the molecule is O=C(NC1CCN(Cc2ccc(F)cc2)CC1)C1(c2cccc(Cl)c2)CC1. The monoisotopic (exact) mass is 386 g/mol. The molecule has 3 nitrogen and oxygen atoms in total. The summed E-state index contributed by atoms with van der Waals surface area (Å²) >= 11 is 6.11. The molecule has 0 bridgehead atoms. The standard InChI is InChI=1S/C22H24ClFN2O/c23-18-3-1-2-17(14-18)22(10-11-22)21(27)25-20-8-12-26(13-9-20)15-16-4-6-19(24)7-5-16/h1-7,14,20H,8-13,15H2,(H,25,27). The molecule has 1 amide bonds. The summed E-state index contributed by atoms with van der Waals surface area (Å²) in [4.78, 5) is 15.3. The van der Waals surface area contributed by atoms with E-state index in [4.69, 9.17) is 11.6 Å². The molecular weight excluding hydrogens is 363 g/mol. The zero-order chi connectivity index (χ0) is 18.9. The predicted molar refractivity (Wildman–Crippen MR) is 105 cm³/mol. The topological polar surface area (TPSA) is 32.3 Å². The van der Waals surface area contributed by atoms with Crippen molar-refractivity contribution in [1.29, 1.82) is 0 Å². The maximum atomic E-state index is 13.0. The van der Waals surface area contributed by atoms with Crippen molar-refractivity contribution in [2.75, 3.05) is 13.1 Å². The number of amides is 1. The van der Waals surface area contributed by atoms with E-state index < -0.39 is 0 Å². The minimum atomic E-state index is -0.379. The van der Waals surface area contributed by atoms with Gasteiger partial charge in [-0.3, -0.25) is 9.69 Å². The van der Waals surface area contributed by atoms with Crippen molar-refractivity contribution in [3.63, 3.8) is 0 Å². The number of nitrogens with zero attached hydrogens (tertiary/aromatic N) is 1. The second kappa shape index (κ2) is 7.61. The van der Waals surface area contributed by atoms with Crippen LogP contribution >= 0.6 is 11.6 Å². The first-order valence-corrected chi connectivity index (χ1v) is 9.97. The molecule has 1 N–H and O–H groups in total. The Bertz CT molecular complexity index is 811. The molecule has 2 aromatic rings. The number of carbonyl (C=O) groups is 1. The largest absolute Gasteiger partial charge is 0.353 e. The van der Waals surface area contributed by atoms with E-state index in [0.29, 0.717) is 5.02 Å². The average molecular weight is 387 g/mol. The van der Waals surface area contributed by atoms with Gasteiger partial charge >= 0.3 is 0 Å². The van der Waals surface area contributed by atoms with E-state index >= 15 is 0 Å². The molecule has 2 fully saturated rings. The fourth-order valence-corrected chi connectivity index (χ4v) is 4.16. The number of benzene rings is 2. The third-order valence-corrected chi connectivity index (χ3v) is 6.04. The molecule has 2 aliphatic rings. The number of hydrogen-bond acceptors (Lipinski definition) is 2. The second-order valence-electron chi connectivity index (χ2n) is 7.74. The molecule has 5 heteroatoms. The van der Waals surface area contributed by atoms with Gasteiger partial charge in [-0.25, -0.2) is 4.39 Å². The molecule has 1 aliphatic heterocycles. The van der Waals surface area contributed by atoms with Crippen LogP contribution in [0, 0.1) is 5.82 Å². The van der Waals surface area contributed by atoms with E-state index in [1.165, 1.54) is 12.1 Å². The van der Waals surface area contributed by atoms with Crippen molar-refractivity contribution in [3.05, 3.63) is 70.5 Å². The molecule has 0 radical (unpaired) electrons. The van der Waals surface area contributed by atoms with Crippen LogP contribution < -0.4 is 5.32 Å². The zero-order valence-electron chi connectivity index (χ0n) is 15.3. The Morgan fingerprint density at radius 2 is 1.85 bits per heavy atom. The molecule has 1 heterocycles. The summed E-state index contributed by atoms with van der Waals surface area (Å²) in [5.41, 5.74) is 1.77. The third kappa shape index (κ3) is 4.17. The fourth-order valence-electron chi connectivity index (χ4n) is 3.96. The molecule has 1 saturated heterocycles. The highest BCUT2D eigenvalue weighted by molar-refractivity contribution is 6.30.